The fourth-order valence-electron chi connectivity index (χ4n) is 4.60. The first-order valence-electron chi connectivity index (χ1n) is 9.69. The molecule has 0 radical (unpaired) electrons. The molecular weight excluding hydrogens is 282 g/mol. The van der Waals surface area contributed by atoms with Gasteiger partial charge >= 0.3 is 0 Å². The lowest BCUT2D eigenvalue weighted by Gasteiger charge is -2.39. The van der Waals surface area contributed by atoms with Crippen LogP contribution >= 0.6 is 0 Å². The van der Waals surface area contributed by atoms with Gasteiger partial charge < -0.3 is 5.32 Å². The monoisotopic (exact) mass is 313 g/mol. The van der Waals surface area contributed by atoms with E-state index in [0.717, 1.165) is 13.1 Å². The van der Waals surface area contributed by atoms with E-state index in [9.17, 15) is 0 Å². The van der Waals surface area contributed by atoms with E-state index in [1.807, 2.05) is 0 Å². The number of fused-ring (bicyclic) bond motifs is 1. The highest BCUT2D eigenvalue weighted by Gasteiger charge is 2.26. The number of nitrogens with zero attached hydrogens (tertiary/aromatic N) is 2. The molecule has 23 heavy (non-hydrogen) atoms. The van der Waals surface area contributed by atoms with Gasteiger partial charge in [-0.15, -0.1) is 0 Å². The van der Waals surface area contributed by atoms with Gasteiger partial charge in [-0.25, -0.2) is 0 Å². The van der Waals surface area contributed by atoms with Crippen molar-refractivity contribution >= 4 is 0 Å². The zero-order valence-electron chi connectivity index (χ0n) is 14.4. The molecule has 1 N–H and O–H groups in total. The Kier molecular flexibility index (Phi) is 4.98. The van der Waals surface area contributed by atoms with Crippen molar-refractivity contribution in [3.63, 3.8) is 0 Å². The molecule has 4 rings (SSSR count). The molecule has 1 unspecified atom stereocenters. The molecule has 2 saturated heterocycles. The van der Waals surface area contributed by atoms with Gasteiger partial charge in [0.15, 0.2) is 0 Å². The predicted octanol–water partition coefficient (Wildman–Crippen LogP) is 2.61. The first-order chi connectivity index (χ1) is 11.4. The molecule has 1 aromatic carbocycles. The molecule has 2 fully saturated rings. The zero-order valence-corrected chi connectivity index (χ0v) is 14.4. The molecule has 1 aromatic rings. The predicted molar refractivity (Wildman–Crippen MR) is 95.9 cm³/mol. The number of hydrogen-bond donors (Lipinski definition) is 1. The van der Waals surface area contributed by atoms with Crippen molar-refractivity contribution in [2.45, 2.75) is 44.6 Å². The third kappa shape index (κ3) is 3.62. The molecule has 126 valence electrons. The molecule has 0 amide bonds. The highest BCUT2D eigenvalue weighted by Crippen LogP contribution is 2.30. The molecule has 0 aromatic heterocycles. The van der Waals surface area contributed by atoms with E-state index in [0.29, 0.717) is 6.04 Å². The van der Waals surface area contributed by atoms with Crippen LogP contribution in [0.25, 0.3) is 0 Å². The Bertz CT molecular complexity index is 516. The van der Waals surface area contributed by atoms with E-state index in [1.54, 1.807) is 16.7 Å². The summed E-state index contributed by atoms with van der Waals surface area (Å²) < 4.78 is 0. The lowest BCUT2D eigenvalue weighted by atomic mass is 9.97. The summed E-state index contributed by atoms with van der Waals surface area (Å²) in [5.41, 5.74) is 4.81. The summed E-state index contributed by atoms with van der Waals surface area (Å²) in [6.07, 6.45) is 8.11. The lowest BCUT2D eigenvalue weighted by molar-refractivity contribution is 0.111. The lowest BCUT2D eigenvalue weighted by Crippen LogP contribution is -2.48. The van der Waals surface area contributed by atoms with Gasteiger partial charge in [-0.2, -0.15) is 0 Å². The fourth-order valence-corrected chi connectivity index (χ4v) is 4.60. The van der Waals surface area contributed by atoms with E-state index < -0.39 is 0 Å². The Morgan fingerprint density at radius 1 is 0.870 bits per heavy atom. The van der Waals surface area contributed by atoms with E-state index in [2.05, 4.69) is 33.3 Å². The average molecular weight is 313 g/mol. The Labute approximate surface area is 141 Å². The minimum absolute atomic E-state index is 0.597. The molecule has 1 atom stereocenters. The van der Waals surface area contributed by atoms with Gasteiger partial charge in [-0.1, -0.05) is 24.6 Å². The number of rotatable bonds is 4. The van der Waals surface area contributed by atoms with Gasteiger partial charge in [-0.05, 0) is 61.9 Å². The van der Waals surface area contributed by atoms with Crippen molar-refractivity contribution in [2.75, 3.05) is 45.8 Å². The molecule has 2 heterocycles. The molecule has 0 spiro atoms. The molecular formula is C20H31N3. The molecule has 3 aliphatic rings. The molecule has 1 aliphatic carbocycles. The van der Waals surface area contributed by atoms with Crippen molar-refractivity contribution < 1.29 is 0 Å². The second-order valence-electron chi connectivity index (χ2n) is 7.54. The van der Waals surface area contributed by atoms with Gasteiger partial charge in [0.05, 0.1) is 0 Å². The van der Waals surface area contributed by atoms with Crippen LogP contribution in [-0.2, 0) is 12.8 Å². The Balaban J connectivity index is 1.55. The van der Waals surface area contributed by atoms with Crippen molar-refractivity contribution in [3.8, 4) is 0 Å². The van der Waals surface area contributed by atoms with Crippen LogP contribution in [0.2, 0.25) is 0 Å². The quantitative estimate of drug-likeness (QED) is 0.922. The summed E-state index contributed by atoms with van der Waals surface area (Å²) in [6, 6.07) is 8.00. The number of benzene rings is 1. The minimum Gasteiger partial charge on any atom is -0.314 e. The van der Waals surface area contributed by atoms with E-state index >= 15 is 0 Å². The van der Waals surface area contributed by atoms with Crippen LogP contribution in [0.3, 0.4) is 0 Å². The van der Waals surface area contributed by atoms with Crippen molar-refractivity contribution in [1.29, 1.82) is 0 Å². The van der Waals surface area contributed by atoms with E-state index in [4.69, 9.17) is 0 Å². The standard InChI is InChI=1S/C20H31N3/c1-2-11-23(12-3-1)20(16-22-13-9-21-10-14-22)19-8-7-17-5-4-6-18(17)15-19/h7-8,15,20-21H,1-6,9-14,16H2. The van der Waals surface area contributed by atoms with Gasteiger partial charge in [0.25, 0.3) is 0 Å². The Morgan fingerprint density at radius 2 is 1.65 bits per heavy atom. The minimum atomic E-state index is 0.597. The highest BCUT2D eigenvalue weighted by molar-refractivity contribution is 5.36. The van der Waals surface area contributed by atoms with Crippen LogP contribution in [-0.4, -0.2) is 55.6 Å². The summed E-state index contributed by atoms with van der Waals surface area (Å²) >= 11 is 0. The summed E-state index contributed by atoms with van der Waals surface area (Å²) in [4.78, 5) is 5.44. The van der Waals surface area contributed by atoms with Gasteiger partial charge in [0.1, 0.15) is 0 Å². The van der Waals surface area contributed by atoms with Crippen LogP contribution in [0, 0.1) is 0 Å². The zero-order chi connectivity index (χ0) is 15.5. The first-order valence-corrected chi connectivity index (χ1v) is 9.69. The van der Waals surface area contributed by atoms with Crippen molar-refractivity contribution in [3.05, 3.63) is 34.9 Å². The maximum atomic E-state index is 3.49. The molecule has 0 bridgehead atoms. The highest BCUT2D eigenvalue weighted by atomic mass is 15.2. The maximum absolute atomic E-state index is 3.49. The molecule has 3 heteroatoms. The Morgan fingerprint density at radius 3 is 2.48 bits per heavy atom. The van der Waals surface area contributed by atoms with Crippen molar-refractivity contribution in [1.82, 2.24) is 15.1 Å². The summed E-state index contributed by atoms with van der Waals surface area (Å²) in [5.74, 6) is 0. The first kappa shape index (κ1) is 15.6. The summed E-state index contributed by atoms with van der Waals surface area (Å²) in [6.45, 7) is 8.49. The molecule has 3 nitrogen and oxygen atoms in total. The largest absolute Gasteiger partial charge is 0.314 e. The molecule has 2 aliphatic heterocycles. The third-order valence-electron chi connectivity index (χ3n) is 5.98. The van der Waals surface area contributed by atoms with Gasteiger partial charge in [0, 0.05) is 38.8 Å². The number of likely N-dealkylation sites (tertiary alicyclic amines) is 1. The van der Waals surface area contributed by atoms with Crippen LogP contribution in [0.1, 0.15) is 48.4 Å². The molecule has 0 saturated carbocycles. The normalized spacial score (nSPS) is 24.5. The van der Waals surface area contributed by atoms with Gasteiger partial charge in [0.2, 0.25) is 0 Å². The van der Waals surface area contributed by atoms with Crippen LogP contribution in [0.5, 0.6) is 0 Å². The summed E-state index contributed by atoms with van der Waals surface area (Å²) in [7, 11) is 0. The number of piperazine rings is 1. The van der Waals surface area contributed by atoms with Gasteiger partial charge in [-0.3, -0.25) is 9.80 Å². The number of aryl methyl sites for hydroxylation is 2. The van der Waals surface area contributed by atoms with E-state index in [1.165, 1.54) is 71.2 Å². The van der Waals surface area contributed by atoms with Crippen LogP contribution in [0.15, 0.2) is 18.2 Å². The fraction of sp³-hybridized carbons (Fsp3) is 0.700. The second kappa shape index (κ2) is 7.33. The maximum Gasteiger partial charge on any atom is 0.0475 e. The number of piperidine rings is 1. The Hall–Kier alpha value is -0.900. The van der Waals surface area contributed by atoms with Crippen LogP contribution in [0.4, 0.5) is 0 Å². The van der Waals surface area contributed by atoms with Crippen LogP contribution < -0.4 is 5.32 Å². The number of nitrogens with one attached hydrogen (secondary N) is 1. The topological polar surface area (TPSA) is 18.5 Å². The van der Waals surface area contributed by atoms with Crippen molar-refractivity contribution in [2.24, 2.45) is 0 Å². The van der Waals surface area contributed by atoms with E-state index in [-0.39, 0.29) is 0 Å². The summed E-state index contributed by atoms with van der Waals surface area (Å²) in [5, 5.41) is 3.49. The second-order valence-corrected chi connectivity index (χ2v) is 7.54. The smallest absolute Gasteiger partial charge is 0.0475 e. The number of hydrogen-bond acceptors (Lipinski definition) is 3. The SMILES string of the molecule is c1cc2c(cc1C(CN1CCNCC1)N1CCCCC1)CCC2. The third-order valence-corrected chi connectivity index (χ3v) is 5.98. The average Bonchev–Trinajstić information content (AvgIpc) is 3.09.